The van der Waals surface area contributed by atoms with E-state index in [0.29, 0.717) is 17.4 Å². The Morgan fingerprint density at radius 1 is 0.955 bits per heavy atom. The van der Waals surface area contributed by atoms with Crippen LogP contribution in [0.1, 0.15) is 12.5 Å². The summed E-state index contributed by atoms with van der Waals surface area (Å²) in [7, 11) is -4.30. The summed E-state index contributed by atoms with van der Waals surface area (Å²) in [6.07, 6.45) is 0.518. The van der Waals surface area contributed by atoms with Gasteiger partial charge in [0, 0.05) is 5.39 Å². The Balaban J connectivity index is 2.49. The highest BCUT2D eigenvalue weighted by Crippen LogP contribution is 2.35. The molecule has 0 aliphatic carbocycles. The minimum absolute atomic E-state index is 0.0203. The van der Waals surface area contributed by atoms with Crippen molar-refractivity contribution in [3.63, 3.8) is 0 Å². The molecule has 0 amide bonds. The summed E-state index contributed by atoms with van der Waals surface area (Å²) in [6.45, 7) is 1.89. The van der Waals surface area contributed by atoms with Crippen molar-refractivity contribution in [1.82, 2.24) is 0 Å². The SMILES string of the molecule is CCc1c(-c2ccccc2)cc2ccccc2c1S(=O)(=O)O. The van der Waals surface area contributed by atoms with Gasteiger partial charge in [-0.1, -0.05) is 61.5 Å². The van der Waals surface area contributed by atoms with Crippen LogP contribution in [0.3, 0.4) is 0 Å². The second kappa shape index (κ2) is 5.55. The van der Waals surface area contributed by atoms with Gasteiger partial charge in [0.2, 0.25) is 0 Å². The highest BCUT2D eigenvalue weighted by molar-refractivity contribution is 7.86. The lowest BCUT2D eigenvalue weighted by molar-refractivity contribution is 0.483. The van der Waals surface area contributed by atoms with Crippen molar-refractivity contribution in [3.8, 4) is 11.1 Å². The van der Waals surface area contributed by atoms with Gasteiger partial charge in [-0.2, -0.15) is 8.42 Å². The van der Waals surface area contributed by atoms with Crippen LogP contribution in [0.5, 0.6) is 0 Å². The average molecular weight is 312 g/mol. The number of fused-ring (bicyclic) bond motifs is 1. The summed E-state index contributed by atoms with van der Waals surface area (Å²) in [5.74, 6) is 0. The van der Waals surface area contributed by atoms with Crippen LogP contribution in [0.25, 0.3) is 21.9 Å². The molecule has 0 unspecified atom stereocenters. The molecule has 0 fully saturated rings. The maximum atomic E-state index is 12.0. The van der Waals surface area contributed by atoms with E-state index in [2.05, 4.69) is 0 Å². The first-order chi connectivity index (χ1) is 10.5. The molecule has 0 aliphatic rings. The Hall–Kier alpha value is -2.17. The topological polar surface area (TPSA) is 54.4 Å². The van der Waals surface area contributed by atoms with E-state index in [0.717, 1.165) is 16.5 Å². The van der Waals surface area contributed by atoms with Gasteiger partial charge >= 0.3 is 0 Å². The molecule has 0 saturated heterocycles. The Kier molecular flexibility index (Phi) is 3.72. The van der Waals surface area contributed by atoms with E-state index < -0.39 is 10.1 Å². The van der Waals surface area contributed by atoms with Gasteiger partial charge in [0.05, 0.1) is 0 Å². The normalized spacial score (nSPS) is 11.7. The van der Waals surface area contributed by atoms with Crippen molar-refractivity contribution in [2.45, 2.75) is 18.2 Å². The number of hydrogen-bond acceptors (Lipinski definition) is 2. The third-order valence-electron chi connectivity index (χ3n) is 3.80. The van der Waals surface area contributed by atoms with Crippen molar-refractivity contribution < 1.29 is 13.0 Å². The lowest BCUT2D eigenvalue weighted by Gasteiger charge is -2.15. The molecule has 112 valence electrons. The maximum Gasteiger partial charge on any atom is 0.295 e. The van der Waals surface area contributed by atoms with Gasteiger partial charge < -0.3 is 0 Å². The van der Waals surface area contributed by atoms with E-state index in [-0.39, 0.29) is 4.90 Å². The third-order valence-corrected chi connectivity index (χ3v) is 4.78. The van der Waals surface area contributed by atoms with Crippen LogP contribution in [-0.2, 0) is 16.5 Å². The molecule has 0 atom stereocenters. The molecule has 4 heteroatoms. The van der Waals surface area contributed by atoms with Crippen LogP contribution < -0.4 is 0 Å². The zero-order valence-electron chi connectivity index (χ0n) is 12.2. The Labute approximate surface area is 130 Å². The maximum absolute atomic E-state index is 12.0. The lowest BCUT2D eigenvalue weighted by Crippen LogP contribution is -2.05. The molecule has 0 spiro atoms. The van der Waals surface area contributed by atoms with Crippen LogP contribution >= 0.6 is 0 Å². The number of hydrogen-bond donors (Lipinski definition) is 1. The third kappa shape index (κ3) is 2.51. The Morgan fingerprint density at radius 3 is 2.23 bits per heavy atom. The first kappa shape index (κ1) is 14.8. The highest BCUT2D eigenvalue weighted by atomic mass is 32.2. The molecule has 3 aromatic rings. The fourth-order valence-corrected chi connectivity index (χ4v) is 3.91. The minimum atomic E-state index is -4.30. The van der Waals surface area contributed by atoms with Crippen molar-refractivity contribution in [3.05, 3.63) is 66.2 Å². The second-order valence-electron chi connectivity index (χ2n) is 5.15. The number of rotatable bonds is 3. The lowest BCUT2D eigenvalue weighted by atomic mass is 9.94. The van der Waals surface area contributed by atoms with E-state index >= 15 is 0 Å². The van der Waals surface area contributed by atoms with Crippen molar-refractivity contribution in [2.24, 2.45) is 0 Å². The zero-order valence-corrected chi connectivity index (χ0v) is 13.0. The Morgan fingerprint density at radius 2 is 1.59 bits per heavy atom. The monoisotopic (exact) mass is 312 g/mol. The van der Waals surface area contributed by atoms with Gasteiger partial charge in [-0.25, -0.2) is 0 Å². The molecule has 0 radical (unpaired) electrons. The van der Waals surface area contributed by atoms with Crippen LogP contribution in [0.2, 0.25) is 0 Å². The van der Waals surface area contributed by atoms with E-state index in [1.807, 2.05) is 55.5 Å². The zero-order chi connectivity index (χ0) is 15.7. The molecule has 0 bridgehead atoms. The minimum Gasteiger partial charge on any atom is -0.282 e. The van der Waals surface area contributed by atoms with Gasteiger partial charge in [-0.3, -0.25) is 4.55 Å². The van der Waals surface area contributed by atoms with Gasteiger partial charge in [0.1, 0.15) is 4.90 Å². The first-order valence-corrected chi connectivity index (χ1v) is 8.54. The van der Waals surface area contributed by atoms with Crippen LogP contribution in [-0.4, -0.2) is 13.0 Å². The van der Waals surface area contributed by atoms with Crippen molar-refractivity contribution in [2.75, 3.05) is 0 Å². The molecule has 22 heavy (non-hydrogen) atoms. The molecule has 3 nitrogen and oxygen atoms in total. The smallest absolute Gasteiger partial charge is 0.282 e. The van der Waals surface area contributed by atoms with Gasteiger partial charge in [0.15, 0.2) is 0 Å². The predicted molar refractivity (Wildman–Crippen MR) is 88.6 cm³/mol. The molecular formula is C18H16O3S. The van der Waals surface area contributed by atoms with Crippen LogP contribution in [0, 0.1) is 0 Å². The van der Waals surface area contributed by atoms with E-state index in [1.54, 1.807) is 12.1 Å². The fraction of sp³-hybridized carbons (Fsp3) is 0.111. The molecule has 0 aromatic heterocycles. The molecule has 3 rings (SSSR count). The second-order valence-corrected chi connectivity index (χ2v) is 6.51. The quantitative estimate of drug-likeness (QED) is 0.733. The summed E-state index contributed by atoms with van der Waals surface area (Å²) >= 11 is 0. The van der Waals surface area contributed by atoms with E-state index in [1.165, 1.54) is 0 Å². The van der Waals surface area contributed by atoms with Crippen LogP contribution in [0.15, 0.2) is 65.6 Å². The standard InChI is InChI=1S/C18H16O3S/c1-2-15-17(13-8-4-3-5-9-13)12-14-10-6-7-11-16(14)18(15)22(19,20)21/h3-12H,2H2,1H3,(H,19,20,21). The molecule has 1 N–H and O–H groups in total. The Bertz CT molecular complexity index is 929. The fourth-order valence-electron chi connectivity index (χ4n) is 2.88. The summed E-state index contributed by atoms with van der Waals surface area (Å²) in [4.78, 5) is 0.0203. The summed E-state index contributed by atoms with van der Waals surface area (Å²) in [5.41, 5.74) is 2.43. The number of benzene rings is 3. The van der Waals surface area contributed by atoms with Gasteiger partial charge in [0.25, 0.3) is 10.1 Å². The molecule has 3 aromatic carbocycles. The summed E-state index contributed by atoms with van der Waals surface area (Å²) in [6, 6.07) is 18.8. The first-order valence-electron chi connectivity index (χ1n) is 7.10. The van der Waals surface area contributed by atoms with E-state index in [9.17, 15) is 13.0 Å². The molecular weight excluding hydrogens is 296 g/mol. The average Bonchev–Trinajstić information content (AvgIpc) is 2.52. The van der Waals surface area contributed by atoms with Crippen LogP contribution in [0.4, 0.5) is 0 Å². The van der Waals surface area contributed by atoms with Gasteiger partial charge in [-0.05, 0) is 34.6 Å². The van der Waals surface area contributed by atoms with E-state index in [4.69, 9.17) is 0 Å². The predicted octanol–water partition coefficient (Wildman–Crippen LogP) is 4.32. The van der Waals surface area contributed by atoms with Crippen molar-refractivity contribution >= 4 is 20.9 Å². The molecule has 0 heterocycles. The largest absolute Gasteiger partial charge is 0.295 e. The molecule has 0 aliphatic heterocycles. The highest BCUT2D eigenvalue weighted by Gasteiger charge is 2.22. The summed E-state index contributed by atoms with van der Waals surface area (Å²) in [5, 5.41) is 1.35. The molecule has 0 saturated carbocycles. The summed E-state index contributed by atoms with van der Waals surface area (Å²) < 4.78 is 33.7. The van der Waals surface area contributed by atoms with Crippen molar-refractivity contribution in [1.29, 1.82) is 0 Å². The van der Waals surface area contributed by atoms with Gasteiger partial charge in [-0.15, -0.1) is 0 Å².